The number of aliphatic hydroxyl groups is 1. The van der Waals surface area contributed by atoms with E-state index in [2.05, 4.69) is 16.8 Å². The zero-order chi connectivity index (χ0) is 17.4. The highest BCUT2D eigenvalue weighted by atomic mass is 19.1. The summed E-state index contributed by atoms with van der Waals surface area (Å²) in [6.45, 7) is 5.42. The average Bonchev–Trinajstić information content (AvgIpc) is 2.57. The Hall–Kier alpha value is -2.33. The van der Waals surface area contributed by atoms with Crippen molar-refractivity contribution in [1.29, 1.82) is 0 Å². The van der Waals surface area contributed by atoms with E-state index in [1.54, 1.807) is 19.1 Å². The highest BCUT2D eigenvalue weighted by Crippen LogP contribution is 2.20. The first-order valence-electron chi connectivity index (χ1n) is 8.18. The van der Waals surface area contributed by atoms with Gasteiger partial charge in [0.25, 0.3) is 0 Å². The van der Waals surface area contributed by atoms with Gasteiger partial charge in [-0.25, -0.2) is 4.39 Å². The molecule has 0 amide bonds. The van der Waals surface area contributed by atoms with Gasteiger partial charge in [-0.3, -0.25) is 0 Å². The third kappa shape index (κ3) is 5.39. The van der Waals surface area contributed by atoms with Crippen molar-refractivity contribution in [1.82, 2.24) is 10.2 Å². The van der Waals surface area contributed by atoms with Crippen LogP contribution in [0.5, 0.6) is 0 Å². The van der Waals surface area contributed by atoms with Gasteiger partial charge in [0.1, 0.15) is 5.82 Å². The zero-order valence-corrected chi connectivity index (χ0v) is 14.0. The Morgan fingerprint density at radius 3 is 2.71 bits per heavy atom. The summed E-state index contributed by atoms with van der Waals surface area (Å²) in [5, 5.41) is 17.5. The number of unbranched alkanes of at least 4 members (excludes halogenated alkanes) is 1. The standard InChI is InChI=1S/C20H23FN2O/c1-3-7-16-10-11-17(14-19(16)21)20-13-12-18(22-23-20)9-6-4-5-8-15(2)24/h3,6,9-15,24H,1,4-5,7-8H2,2H3. The summed E-state index contributed by atoms with van der Waals surface area (Å²) in [6, 6.07) is 8.78. The second kappa shape index (κ2) is 9.08. The summed E-state index contributed by atoms with van der Waals surface area (Å²) >= 11 is 0. The lowest BCUT2D eigenvalue weighted by molar-refractivity contribution is 0.182. The predicted molar refractivity (Wildman–Crippen MR) is 95.9 cm³/mol. The van der Waals surface area contributed by atoms with Crippen molar-refractivity contribution in [3.63, 3.8) is 0 Å². The van der Waals surface area contributed by atoms with Gasteiger partial charge in [-0.15, -0.1) is 11.7 Å². The minimum Gasteiger partial charge on any atom is -0.393 e. The maximum absolute atomic E-state index is 14.0. The SMILES string of the molecule is C=CCc1ccc(-c2ccc(C=CCCCC(C)O)nn2)cc1F. The molecule has 126 valence electrons. The molecular formula is C20H23FN2O. The predicted octanol–water partition coefficient (Wildman–Crippen LogP) is 4.58. The van der Waals surface area contributed by atoms with Crippen molar-refractivity contribution in [2.24, 2.45) is 0 Å². The van der Waals surface area contributed by atoms with Crippen LogP contribution in [-0.2, 0) is 6.42 Å². The lowest BCUT2D eigenvalue weighted by atomic mass is 10.1. The number of aliphatic hydroxyl groups excluding tert-OH is 1. The number of benzene rings is 1. The molecule has 1 N–H and O–H groups in total. The molecule has 1 atom stereocenters. The third-order valence-corrected chi connectivity index (χ3v) is 3.68. The van der Waals surface area contributed by atoms with Gasteiger partial charge in [-0.1, -0.05) is 24.3 Å². The Kier molecular flexibility index (Phi) is 6.82. The van der Waals surface area contributed by atoms with Crippen LogP contribution in [0.15, 0.2) is 49.1 Å². The fraction of sp³-hybridized carbons (Fsp3) is 0.300. The largest absolute Gasteiger partial charge is 0.393 e. The van der Waals surface area contributed by atoms with Crippen molar-refractivity contribution in [2.45, 2.75) is 38.7 Å². The molecule has 0 saturated heterocycles. The van der Waals surface area contributed by atoms with Crippen molar-refractivity contribution in [2.75, 3.05) is 0 Å². The molecule has 1 aromatic carbocycles. The Balaban J connectivity index is 2.00. The Labute approximate surface area is 142 Å². The molecule has 1 heterocycles. The second-order valence-corrected chi connectivity index (χ2v) is 5.82. The van der Waals surface area contributed by atoms with E-state index < -0.39 is 0 Å². The van der Waals surface area contributed by atoms with E-state index in [1.807, 2.05) is 30.4 Å². The zero-order valence-electron chi connectivity index (χ0n) is 14.0. The van der Waals surface area contributed by atoms with Crippen LogP contribution in [0.4, 0.5) is 4.39 Å². The van der Waals surface area contributed by atoms with Gasteiger partial charge in [-0.05, 0) is 62.4 Å². The molecule has 0 saturated carbocycles. The number of halogens is 1. The molecule has 0 fully saturated rings. The monoisotopic (exact) mass is 326 g/mol. The Morgan fingerprint density at radius 1 is 1.25 bits per heavy atom. The van der Waals surface area contributed by atoms with E-state index >= 15 is 0 Å². The normalized spacial score (nSPS) is 12.5. The van der Waals surface area contributed by atoms with Gasteiger partial charge in [0.05, 0.1) is 17.5 Å². The van der Waals surface area contributed by atoms with Gasteiger partial charge in [0, 0.05) is 5.56 Å². The first-order valence-corrected chi connectivity index (χ1v) is 8.18. The molecule has 4 heteroatoms. The smallest absolute Gasteiger partial charge is 0.127 e. The molecule has 1 aromatic heterocycles. The van der Waals surface area contributed by atoms with Crippen LogP contribution in [0.2, 0.25) is 0 Å². The van der Waals surface area contributed by atoms with Crippen LogP contribution < -0.4 is 0 Å². The Morgan fingerprint density at radius 2 is 2.08 bits per heavy atom. The molecule has 24 heavy (non-hydrogen) atoms. The Bertz CT molecular complexity index is 693. The van der Waals surface area contributed by atoms with Gasteiger partial charge < -0.3 is 5.11 Å². The van der Waals surface area contributed by atoms with Gasteiger partial charge in [0.2, 0.25) is 0 Å². The van der Waals surface area contributed by atoms with Crippen LogP contribution in [0.25, 0.3) is 17.3 Å². The summed E-state index contributed by atoms with van der Waals surface area (Å²) in [7, 11) is 0. The maximum Gasteiger partial charge on any atom is 0.127 e. The third-order valence-electron chi connectivity index (χ3n) is 3.68. The fourth-order valence-corrected chi connectivity index (χ4v) is 2.35. The summed E-state index contributed by atoms with van der Waals surface area (Å²) in [5.74, 6) is -0.253. The van der Waals surface area contributed by atoms with E-state index in [4.69, 9.17) is 0 Å². The van der Waals surface area contributed by atoms with Crippen LogP contribution >= 0.6 is 0 Å². The van der Waals surface area contributed by atoms with Crippen molar-refractivity contribution in [3.8, 4) is 11.3 Å². The van der Waals surface area contributed by atoms with Crippen LogP contribution in [-0.4, -0.2) is 21.4 Å². The van der Waals surface area contributed by atoms with Crippen LogP contribution in [0.1, 0.15) is 37.4 Å². The lowest BCUT2D eigenvalue weighted by Crippen LogP contribution is -1.97. The van der Waals surface area contributed by atoms with Crippen LogP contribution in [0, 0.1) is 5.82 Å². The molecular weight excluding hydrogens is 303 g/mol. The molecule has 0 aliphatic rings. The first kappa shape index (κ1) is 18.0. The summed E-state index contributed by atoms with van der Waals surface area (Å²) in [5.41, 5.74) is 2.74. The van der Waals surface area contributed by atoms with Crippen LogP contribution in [0.3, 0.4) is 0 Å². The summed E-state index contributed by atoms with van der Waals surface area (Å²) in [4.78, 5) is 0. The number of hydrogen-bond donors (Lipinski definition) is 1. The fourth-order valence-electron chi connectivity index (χ4n) is 2.35. The van der Waals surface area contributed by atoms with Gasteiger partial charge in [-0.2, -0.15) is 5.10 Å². The molecule has 0 aliphatic heterocycles. The molecule has 1 unspecified atom stereocenters. The minimum absolute atomic E-state index is 0.253. The molecule has 0 bridgehead atoms. The minimum atomic E-state index is -0.254. The highest BCUT2D eigenvalue weighted by Gasteiger charge is 2.05. The van der Waals surface area contributed by atoms with Crippen molar-refractivity contribution in [3.05, 3.63) is 66.1 Å². The van der Waals surface area contributed by atoms with Crippen molar-refractivity contribution < 1.29 is 9.50 Å². The number of rotatable bonds is 8. The lowest BCUT2D eigenvalue weighted by Gasteiger charge is -2.04. The van der Waals surface area contributed by atoms with Gasteiger partial charge in [0.15, 0.2) is 0 Å². The molecule has 0 aliphatic carbocycles. The van der Waals surface area contributed by atoms with Crippen molar-refractivity contribution >= 4 is 6.08 Å². The maximum atomic E-state index is 14.0. The molecule has 0 spiro atoms. The number of hydrogen-bond acceptors (Lipinski definition) is 3. The van der Waals surface area contributed by atoms with E-state index in [0.29, 0.717) is 23.2 Å². The number of nitrogens with zero attached hydrogens (tertiary/aromatic N) is 2. The van der Waals surface area contributed by atoms with E-state index in [0.717, 1.165) is 25.0 Å². The van der Waals surface area contributed by atoms with E-state index in [1.165, 1.54) is 6.07 Å². The number of allylic oxidation sites excluding steroid dienone is 2. The first-order chi connectivity index (χ1) is 11.6. The second-order valence-electron chi connectivity index (χ2n) is 5.82. The summed E-state index contributed by atoms with van der Waals surface area (Å²) in [6.07, 6.45) is 8.50. The van der Waals surface area contributed by atoms with E-state index in [9.17, 15) is 9.50 Å². The molecule has 2 rings (SSSR count). The average molecular weight is 326 g/mol. The highest BCUT2D eigenvalue weighted by molar-refractivity contribution is 5.60. The quantitative estimate of drug-likeness (QED) is 0.571. The number of aromatic nitrogens is 2. The molecule has 3 nitrogen and oxygen atoms in total. The van der Waals surface area contributed by atoms with E-state index in [-0.39, 0.29) is 11.9 Å². The summed E-state index contributed by atoms with van der Waals surface area (Å²) < 4.78 is 14.0. The molecule has 0 radical (unpaired) electrons. The topological polar surface area (TPSA) is 46.0 Å². The molecule has 2 aromatic rings. The van der Waals surface area contributed by atoms with Gasteiger partial charge >= 0.3 is 0 Å².